The maximum atomic E-state index is 11.6. The van der Waals surface area contributed by atoms with E-state index in [4.69, 9.17) is 0 Å². The van der Waals surface area contributed by atoms with Crippen molar-refractivity contribution in [1.29, 1.82) is 0 Å². The number of thiophene rings is 1. The summed E-state index contributed by atoms with van der Waals surface area (Å²) in [5, 5.41) is 15.3. The first-order chi connectivity index (χ1) is 13.7. The first-order valence-electron chi connectivity index (χ1n) is 9.26. The highest BCUT2D eigenvalue weighted by atomic mass is 32.1. The number of rotatable bonds is 4. The van der Waals surface area contributed by atoms with Crippen LogP contribution in [-0.2, 0) is 6.42 Å². The number of hydrogen-bond donors (Lipinski definition) is 2. The lowest BCUT2D eigenvalue weighted by Crippen LogP contribution is -2.13. The molecule has 4 nitrogen and oxygen atoms in total. The third-order valence-corrected chi connectivity index (χ3v) is 5.96. The Hall–Kier alpha value is -2.92. The second kappa shape index (κ2) is 9.33. The lowest BCUT2D eigenvalue weighted by molar-refractivity contribution is 0.0696. The molecule has 1 heterocycles. The van der Waals surface area contributed by atoms with Crippen molar-refractivity contribution in [2.24, 2.45) is 0 Å². The van der Waals surface area contributed by atoms with Gasteiger partial charge in [-0.15, -0.1) is 11.3 Å². The maximum Gasteiger partial charge on any atom is 0.339 e. The van der Waals surface area contributed by atoms with E-state index < -0.39 is 5.97 Å². The molecule has 0 saturated carbocycles. The van der Waals surface area contributed by atoms with Crippen LogP contribution in [0.2, 0.25) is 0 Å². The molecule has 144 valence electrons. The minimum Gasteiger partial charge on any atom is -0.478 e. The molecule has 2 aromatic carbocycles. The summed E-state index contributed by atoms with van der Waals surface area (Å²) in [6, 6.07) is 17.5. The molecule has 1 aliphatic rings. The molecular formula is C23H23NO3S. The van der Waals surface area contributed by atoms with Crippen molar-refractivity contribution in [1.82, 2.24) is 0 Å². The molecule has 0 spiro atoms. The van der Waals surface area contributed by atoms with Crippen molar-refractivity contribution in [3.63, 3.8) is 0 Å². The highest BCUT2D eigenvalue weighted by Gasteiger charge is 2.28. The Balaban J connectivity index is 0.000000236. The summed E-state index contributed by atoms with van der Waals surface area (Å²) in [4.78, 5) is 21.6. The minimum atomic E-state index is -0.839. The fraction of sp³-hybridized carbons (Fsp3) is 0.217. The number of carboxylic acids is 1. The molecule has 3 aromatic rings. The van der Waals surface area contributed by atoms with Gasteiger partial charge >= 0.3 is 5.97 Å². The Bertz CT molecular complexity index is 949. The molecule has 0 aliphatic heterocycles. The van der Waals surface area contributed by atoms with Crippen molar-refractivity contribution in [3.05, 3.63) is 87.8 Å². The van der Waals surface area contributed by atoms with E-state index in [0.717, 1.165) is 41.7 Å². The molecule has 0 fully saturated rings. The van der Waals surface area contributed by atoms with Gasteiger partial charge in [-0.1, -0.05) is 54.6 Å². The van der Waals surface area contributed by atoms with Crippen molar-refractivity contribution in [3.8, 4) is 0 Å². The van der Waals surface area contributed by atoms with E-state index in [9.17, 15) is 14.7 Å². The zero-order chi connectivity index (χ0) is 19.9. The molecule has 2 N–H and O–H groups in total. The second-order valence-corrected chi connectivity index (χ2v) is 7.50. The van der Waals surface area contributed by atoms with Gasteiger partial charge < -0.3 is 10.4 Å². The highest BCUT2D eigenvalue weighted by molar-refractivity contribution is 7.14. The number of aromatic carboxylic acids is 1. The van der Waals surface area contributed by atoms with E-state index in [1.54, 1.807) is 19.2 Å². The number of aldehydes is 1. The first-order valence-corrected chi connectivity index (χ1v) is 10.1. The summed E-state index contributed by atoms with van der Waals surface area (Å²) in [6.45, 7) is 0. The normalized spacial score (nSPS) is 15.0. The van der Waals surface area contributed by atoms with Gasteiger partial charge in [0.1, 0.15) is 11.3 Å². The second-order valence-electron chi connectivity index (χ2n) is 6.62. The molecule has 0 amide bonds. The van der Waals surface area contributed by atoms with Crippen LogP contribution in [0.15, 0.2) is 60.0 Å². The SMILES string of the molecule is CNc1scc(C2CCCc3ccccc32)c1C(=O)O.O=Cc1ccccc1. The molecule has 1 aromatic heterocycles. The van der Waals surface area contributed by atoms with Crippen molar-refractivity contribution in [2.75, 3.05) is 12.4 Å². The Morgan fingerprint density at radius 3 is 2.46 bits per heavy atom. The number of hydrogen-bond acceptors (Lipinski definition) is 4. The smallest absolute Gasteiger partial charge is 0.339 e. The van der Waals surface area contributed by atoms with E-state index >= 15 is 0 Å². The average Bonchev–Trinajstić information content (AvgIpc) is 3.18. The van der Waals surface area contributed by atoms with Gasteiger partial charge in [0.15, 0.2) is 0 Å². The van der Waals surface area contributed by atoms with E-state index in [2.05, 4.69) is 23.5 Å². The van der Waals surface area contributed by atoms with Crippen LogP contribution < -0.4 is 5.32 Å². The number of carboxylic acid groups (broad SMARTS) is 1. The van der Waals surface area contributed by atoms with E-state index in [1.807, 2.05) is 29.6 Å². The number of carbonyl (C=O) groups excluding carboxylic acids is 1. The third-order valence-electron chi connectivity index (χ3n) is 4.94. The van der Waals surface area contributed by atoms with Crippen LogP contribution in [0.5, 0.6) is 0 Å². The van der Waals surface area contributed by atoms with Gasteiger partial charge in [-0.25, -0.2) is 4.79 Å². The third kappa shape index (κ3) is 4.31. The van der Waals surface area contributed by atoms with Gasteiger partial charge in [0.2, 0.25) is 0 Å². The molecule has 0 saturated heterocycles. The van der Waals surface area contributed by atoms with Gasteiger partial charge in [0.05, 0.1) is 5.56 Å². The molecule has 0 bridgehead atoms. The molecule has 1 atom stereocenters. The number of benzene rings is 2. The summed E-state index contributed by atoms with van der Waals surface area (Å²) in [7, 11) is 1.77. The van der Waals surface area contributed by atoms with Gasteiger partial charge in [-0.05, 0) is 41.3 Å². The summed E-state index contributed by atoms with van der Waals surface area (Å²) < 4.78 is 0. The zero-order valence-corrected chi connectivity index (χ0v) is 16.5. The quantitative estimate of drug-likeness (QED) is 0.578. The molecule has 1 aliphatic carbocycles. The number of anilines is 1. The van der Waals surface area contributed by atoms with Gasteiger partial charge in [-0.2, -0.15) is 0 Å². The molecule has 4 rings (SSSR count). The Labute approximate surface area is 168 Å². The molecule has 5 heteroatoms. The molecule has 0 radical (unpaired) electrons. The van der Waals surface area contributed by atoms with E-state index in [-0.39, 0.29) is 5.92 Å². The minimum absolute atomic E-state index is 0.212. The number of fused-ring (bicyclic) bond motifs is 1. The van der Waals surface area contributed by atoms with Crippen LogP contribution in [0.3, 0.4) is 0 Å². The summed E-state index contributed by atoms with van der Waals surface area (Å²) >= 11 is 1.48. The van der Waals surface area contributed by atoms with Crippen molar-refractivity contribution in [2.45, 2.75) is 25.2 Å². The first kappa shape index (κ1) is 19.8. The topological polar surface area (TPSA) is 66.4 Å². The predicted molar refractivity (Wildman–Crippen MR) is 114 cm³/mol. The highest BCUT2D eigenvalue weighted by Crippen LogP contribution is 2.42. The molecular weight excluding hydrogens is 370 g/mol. The van der Waals surface area contributed by atoms with Gasteiger partial charge in [-0.3, -0.25) is 4.79 Å². The number of carbonyl (C=O) groups is 2. The number of nitrogens with one attached hydrogen (secondary N) is 1. The zero-order valence-electron chi connectivity index (χ0n) is 15.7. The standard InChI is InChI=1S/C16H17NO2S.C7H6O/c1-17-15-14(16(18)19)13(9-20-15)12-8-4-6-10-5-2-3-7-11(10)12;8-6-7-4-2-1-3-5-7/h2-3,5,7,9,12,17H,4,6,8H2,1H3,(H,18,19);1-6H. The van der Waals surface area contributed by atoms with Crippen LogP contribution >= 0.6 is 11.3 Å². The Morgan fingerprint density at radius 2 is 1.82 bits per heavy atom. The van der Waals surface area contributed by atoms with E-state index in [0.29, 0.717) is 5.56 Å². The summed E-state index contributed by atoms with van der Waals surface area (Å²) in [5.74, 6) is -0.627. The predicted octanol–water partition coefficient (Wildman–Crippen LogP) is 5.46. The Morgan fingerprint density at radius 1 is 1.11 bits per heavy atom. The largest absolute Gasteiger partial charge is 0.478 e. The fourth-order valence-corrected chi connectivity index (χ4v) is 4.61. The summed E-state index contributed by atoms with van der Waals surface area (Å²) in [6.07, 6.45) is 4.07. The van der Waals surface area contributed by atoms with Gasteiger partial charge in [0.25, 0.3) is 0 Å². The monoisotopic (exact) mass is 393 g/mol. The van der Waals surface area contributed by atoms with Crippen LogP contribution in [0.25, 0.3) is 0 Å². The summed E-state index contributed by atoms with van der Waals surface area (Å²) in [5.41, 5.74) is 4.78. The van der Waals surface area contributed by atoms with Crippen LogP contribution in [-0.4, -0.2) is 24.4 Å². The van der Waals surface area contributed by atoms with Crippen LogP contribution in [0.1, 0.15) is 56.2 Å². The van der Waals surface area contributed by atoms with Crippen molar-refractivity contribution < 1.29 is 14.7 Å². The lowest BCUT2D eigenvalue weighted by atomic mass is 9.78. The van der Waals surface area contributed by atoms with Crippen LogP contribution in [0.4, 0.5) is 5.00 Å². The fourth-order valence-electron chi connectivity index (χ4n) is 3.64. The van der Waals surface area contributed by atoms with Crippen molar-refractivity contribution >= 4 is 28.6 Å². The van der Waals surface area contributed by atoms with Crippen LogP contribution in [0, 0.1) is 0 Å². The average molecular weight is 394 g/mol. The maximum absolute atomic E-state index is 11.6. The van der Waals surface area contributed by atoms with Gasteiger partial charge in [0, 0.05) is 18.5 Å². The molecule has 1 unspecified atom stereocenters. The van der Waals surface area contributed by atoms with E-state index in [1.165, 1.54) is 22.5 Å². The Kier molecular flexibility index (Phi) is 6.61. The molecule has 28 heavy (non-hydrogen) atoms. The number of aryl methyl sites for hydroxylation is 1. The lowest BCUT2D eigenvalue weighted by Gasteiger charge is -2.25.